The van der Waals surface area contributed by atoms with Crippen molar-refractivity contribution in [3.63, 3.8) is 0 Å². The first-order valence-electron chi connectivity index (χ1n) is 2.40. The molecule has 10 heavy (non-hydrogen) atoms. The molecule has 0 aromatic rings. The van der Waals surface area contributed by atoms with Gasteiger partial charge in [0.25, 0.3) is 0 Å². The van der Waals surface area contributed by atoms with E-state index < -0.39 is 19.3 Å². The number of aliphatic carboxylic acids is 1. The van der Waals surface area contributed by atoms with E-state index in [-0.39, 0.29) is 0 Å². The van der Waals surface area contributed by atoms with Crippen LogP contribution in [0.4, 0.5) is 0 Å². The van der Waals surface area contributed by atoms with Crippen molar-refractivity contribution in [3.8, 4) is 0 Å². The van der Waals surface area contributed by atoms with Crippen LogP contribution in [-0.4, -0.2) is 39.5 Å². The van der Waals surface area contributed by atoms with Crippen molar-refractivity contribution in [3.05, 3.63) is 0 Å². The molecule has 0 aromatic heterocycles. The molecule has 0 rings (SSSR count). The zero-order valence-corrected chi connectivity index (χ0v) is 5.43. The largest absolute Gasteiger partial charge is 0.631 e. The lowest BCUT2D eigenvalue weighted by atomic mass is 10.3. The van der Waals surface area contributed by atoms with Crippen molar-refractivity contribution in [1.29, 1.82) is 0 Å². The van der Waals surface area contributed by atoms with Crippen molar-refractivity contribution >= 4 is 13.3 Å². The molecular formula is C3H10BNO5. The van der Waals surface area contributed by atoms with E-state index in [1.54, 1.807) is 0 Å². The summed E-state index contributed by atoms with van der Waals surface area (Å²) >= 11 is 0. The number of hydrogen-bond donors (Lipinski definition) is 5. The molecule has 7 heteroatoms. The molecule has 0 aromatic carbocycles. The van der Waals surface area contributed by atoms with Gasteiger partial charge >= 0.3 is 13.3 Å². The van der Waals surface area contributed by atoms with Gasteiger partial charge in [0.1, 0.15) is 6.04 Å². The number of hydrogen-bond acceptors (Lipinski definition) is 5. The van der Waals surface area contributed by atoms with Crippen LogP contribution in [0.2, 0.25) is 0 Å². The maximum Gasteiger partial charge on any atom is 0.631 e. The molecule has 60 valence electrons. The molecule has 0 aliphatic rings. The zero-order chi connectivity index (χ0) is 8.73. The maximum absolute atomic E-state index is 9.57. The highest BCUT2D eigenvalue weighted by molar-refractivity contribution is 6.30. The van der Waals surface area contributed by atoms with Gasteiger partial charge in [-0.2, -0.15) is 0 Å². The van der Waals surface area contributed by atoms with E-state index in [9.17, 15) is 4.79 Å². The van der Waals surface area contributed by atoms with Gasteiger partial charge < -0.3 is 25.9 Å². The highest BCUT2D eigenvalue weighted by Crippen LogP contribution is 1.68. The summed E-state index contributed by atoms with van der Waals surface area (Å²) in [6.07, 6.45) is 0. The van der Waals surface area contributed by atoms with Crippen LogP contribution < -0.4 is 5.73 Å². The lowest BCUT2D eigenvalue weighted by Gasteiger charge is -1.90. The van der Waals surface area contributed by atoms with Crippen LogP contribution in [0.15, 0.2) is 0 Å². The number of carboxylic acids is 1. The molecule has 1 atom stereocenters. The third-order valence-electron chi connectivity index (χ3n) is 0.390. The summed E-state index contributed by atoms with van der Waals surface area (Å²) in [4.78, 5) is 9.57. The van der Waals surface area contributed by atoms with E-state index >= 15 is 0 Å². The molecule has 0 saturated heterocycles. The molecule has 0 saturated carbocycles. The van der Waals surface area contributed by atoms with Gasteiger partial charge in [0.2, 0.25) is 0 Å². The lowest BCUT2D eigenvalue weighted by molar-refractivity contribution is -0.138. The number of rotatable bonds is 1. The number of carbonyl (C=O) groups is 1. The van der Waals surface area contributed by atoms with Crippen molar-refractivity contribution in [2.45, 2.75) is 13.0 Å². The highest BCUT2D eigenvalue weighted by Gasteiger charge is 1.99. The Morgan fingerprint density at radius 2 is 1.60 bits per heavy atom. The molecule has 6 nitrogen and oxygen atoms in total. The summed E-state index contributed by atoms with van der Waals surface area (Å²) in [5, 5.41) is 29.4. The Morgan fingerprint density at radius 1 is 1.50 bits per heavy atom. The highest BCUT2D eigenvalue weighted by atomic mass is 16.5. The third-order valence-corrected chi connectivity index (χ3v) is 0.390. The molecule has 0 aliphatic carbocycles. The molecule has 1 unspecified atom stereocenters. The topological polar surface area (TPSA) is 124 Å². The Kier molecular flexibility index (Phi) is 7.85. The maximum atomic E-state index is 9.57. The molecule has 6 N–H and O–H groups in total. The predicted octanol–water partition coefficient (Wildman–Crippen LogP) is -2.63. The Balaban J connectivity index is 0. The van der Waals surface area contributed by atoms with E-state index in [1.807, 2.05) is 0 Å². The van der Waals surface area contributed by atoms with Crippen LogP contribution in [0.3, 0.4) is 0 Å². The van der Waals surface area contributed by atoms with Crippen molar-refractivity contribution in [2.24, 2.45) is 5.73 Å². The Labute approximate surface area is 58.1 Å². The second-order valence-corrected chi connectivity index (χ2v) is 1.47. The van der Waals surface area contributed by atoms with Crippen LogP contribution in [0.1, 0.15) is 6.92 Å². The molecule has 0 spiro atoms. The molecule has 0 fully saturated rings. The Bertz CT molecular complexity index is 92.1. The van der Waals surface area contributed by atoms with Gasteiger partial charge in [0.15, 0.2) is 0 Å². The van der Waals surface area contributed by atoms with Crippen LogP contribution in [0, 0.1) is 0 Å². The summed E-state index contributed by atoms with van der Waals surface area (Å²) in [5.41, 5.74) is 4.84. The van der Waals surface area contributed by atoms with Gasteiger partial charge in [-0.15, -0.1) is 0 Å². The molecule has 0 amide bonds. The van der Waals surface area contributed by atoms with Crippen molar-refractivity contribution in [2.75, 3.05) is 0 Å². The molecule has 0 heterocycles. The second-order valence-electron chi connectivity index (χ2n) is 1.47. The fourth-order valence-electron chi connectivity index (χ4n) is 0. The average Bonchev–Trinajstić information content (AvgIpc) is 1.63. The average molecular weight is 151 g/mol. The quantitative estimate of drug-likeness (QED) is 0.261. The minimum Gasteiger partial charge on any atom is -0.480 e. The fourth-order valence-corrected chi connectivity index (χ4v) is 0. The second kappa shape index (κ2) is 6.49. The van der Waals surface area contributed by atoms with Crippen LogP contribution in [0.25, 0.3) is 0 Å². The molecule has 0 bridgehead atoms. The van der Waals surface area contributed by atoms with Gasteiger partial charge in [-0.25, -0.2) is 0 Å². The van der Waals surface area contributed by atoms with E-state index in [0.29, 0.717) is 0 Å². The monoisotopic (exact) mass is 151 g/mol. The summed E-state index contributed by atoms with van der Waals surface area (Å²) < 4.78 is 0. The van der Waals surface area contributed by atoms with E-state index in [4.69, 9.17) is 25.9 Å². The minimum absolute atomic E-state index is 0.731. The molecular weight excluding hydrogens is 141 g/mol. The standard InChI is InChI=1S/C3H7NO2.BH3O3/c1-2(4)3(5)6;2-1(3)4/h2H,4H2,1H3,(H,5,6);2-4H. The summed E-state index contributed by atoms with van der Waals surface area (Å²) in [5.74, 6) is -0.963. The number of carboxylic acid groups (broad SMARTS) is 1. The lowest BCUT2D eigenvalue weighted by Crippen LogP contribution is -2.25. The van der Waals surface area contributed by atoms with Gasteiger partial charge in [-0.3, -0.25) is 4.79 Å². The number of nitrogens with two attached hydrogens (primary N) is 1. The third kappa shape index (κ3) is 26.3. The van der Waals surface area contributed by atoms with Crippen molar-refractivity contribution < 1.29 is 25.0 Å². The van der Waals surface area contributed by atoms with Gasteiger partial charge in [-0.05, 0) is 6.92 Å². The van der Waals surface area contributed by atoms with Crippen molar-refractivity contribution in [1.82, 2.24) is 0 Å². The normalized spacial score (nSPS) is 10.9. The fraction of sp³-hybridized carbons (Fsp3) is 0.667. The van der Waals surface area contributed by atoms with E-state index in [2.05, 4.69) is 0 Å². The Hall–Kier alpha value is -0.625. The summed E-state index contributed by atoms with van der Waals surface area (Å²) in [7, 11) is -2.17. The smallest absolute Gasteiger partial charge is 0.480 e. The summed E-state index contributed by atoms with van der Waals surface area (Å²) in [6.45, 7) is 1.42. The zero-order valence-electron chi connectivity index (χ0n) is 5.43. The predicted molar refractivity (Wildman–Crippen MR) is 33.7 cm³/mol. The first kappa shape index (κ1) is 12.1. The molecule has 0 radical (unpaired) electrons. The first-order valence-corrected chi connectivity index (χ1v) is 2.40. The van der Waals surface area contributed by atoms with E-state index in [0.717, 1.165) is 0 Å². The van der Waals surface area contributed by atoms with Crippen LogP contribution in [-0.2, 0) is 4.79 Å². The Morgan fingerprint density at radius 3 is 1.60 bits per heavy atom. The van der Waals surface area contributed by atoms with Gasteiger partial charge in [0.05, 0.1) is 0 Å². The SMILES string of the molecule is CC(N)C(=O)O.OB(O)O. The minimum atomic E-state index is -2.17. The van der Waals surface area contributed by atoms with Crippen LogP contribution >= 0.6 is 0 Å². The van der Waals surface area contributed by atoms with Crippen LogP contribution in [0.5, 0.6) is 0 Å². The summed E-state index contributed by atoms with van der Waals surface area (Å²) in [6, 6.07) is -0.731. The first-order chi connectivity index (χ1) is 4.37. The van der Waals surface area contributed by atoms with Gasteiger partial charge in [-0.1, -0.05) is 0 Å². The van der Waals surface area contributed by atoms with E-state index in [1.165, 1.54) is 6.92 Å². The molecule has 0 aliphatic heterocycles. The van der Waals surface area contributed by atoms with Gasteiger partial charge in [0, 0.05) is 0 Å².